The third kappa shape index (κ3) is 1.96. The SMILES string of the molecule is Cc1[nH]nc(C(C)c2nn(C)c(C)c2Cl)c1Cl. The van der Waals surface area contributed by atoms with Gasteiger partial charge in [-0.25, -0.2) is 0 Å². The van der Waals surface area contributed by atoms with E-state index in [0.29, 0.717) is 10.0 Å². The first-order valence-corrected chi connectivity index (χ1v) is 6.08. The summed E-state index contributed by atoms with van der Waals surface area (Å²) >= 11 is 12.4. The molecular weight excluding hydrogens is 259 g/mol. The first-order valence-electron chi connectivity index (χ1n) is 5.32. The molecule has 0 aromatic carbocycles. The monoisotopic (exact) mass is 272 g/mol. The molecule has 92 valence electrons. The van der Waals surface area contributed by atoms with Crippen molar-refractivity contribution in [2.45, 2.75) is 26.7 Å². The summed E-state index contributed by atoms with van der Waals surface area (Å²) in [5.74, 6) is -0.0279. The number of halogens is 2. The van der Waals surface area contributed by atoms with Gasteiger partial charge in [0, 0.05) is 13.0 Å². The molecule has 0 radical (unpaired) electrons. The van der Waals surface area contributed by atoms with Gasteiger partial charge in [-0.05, 0) is 13.8 Å². The minimum Gasteiger partial charge on any atom is -0.281 e. The smallest absolute Gasteiger partial charge is 0.0902 e. The summed E-state index contributed by atoms with van der Waals surface area (Å²) < 4.78 is 1.77. The van der Waals surface area contributed by atoms with Crippen molar-refractivity contribution in [2.24, 2.45) is 7.05 Å². The Bertz CT molecular complexity index is 556. The van der Waals surface area contributed by atoms with E-state index in [0.717, 1.165) is 22.8 Å². The summed E-state index contributed by atoms with van der Waals surface area (Å²) in [6.07, 6.45) is 0. The normalized spacial score (nSPS) is 13.1. The lowest BCUT2D eigenvalue weighted by atomic mass is 10.0. The lowest BCUT2D eigenvalue weighted by Crippen LogP contribution is -2.00. The van der Waals surface area contributed by atoms with Crippen molar-refractivity contribution in [3.8, 4) is 0 Å². The molecule has 0 aliphatic heterocycles. The number of aromatic amines is 1. The molecule has 0 amide bonds. The zero-order valence-electron chi connectivity index (χ0n) is 10.2. The molecule has 17 heavy (non-hydrogen) atoms. The van der Waals surface area contributed by atoms with E-state index in [9.17, 15) is 0 Å². The van der Waals surface area contributed by atoms with E-state index in [1.165, 1.54) is 0 Å². The van der Waals surface area contributed by atoms with Crippen LogP contribution in [0.4, 0.5) is 0 Å². The van der Waals surface area contributed by atoms with Crippen LogP contribution in [-0.2, 0) is 7.05 Å². The van der Waals surface area contributed by atoms with Gasteiger partial charge in [0.15, 0.2) is 0 Å². The van der Waals surface area contributed by atoms with Crippen molar-refractivity contribution in [2.75, 3.05) is 0 Å². The van der Waals surface area contributed by atoms with Crippen LogP contribution in [0.1, 0.15) is 35.6 Å². The van der Waals surface area contributed by atoms with Crippen molar-refractivity contribution < 1.29 is 0 Å². The average Bonchev–Trinajstić information content (AvgIpc) is 2.75. The Labute approximate surface area is 110 Å². The quantitative estimate of drug-likeness (QED) is 0.913. The Morgan fingerprint density at radius 2 is 1.82 bits per heavy atom. The van der Waals surface area contributed by atoms with Gasteiger partial charge < -0.3 is 0 Å². The molecule has 2 aromatic heterocycles. The van der Waals surface area contributed by atoms with E-state index in [4.69, 9.17) is 23.2 Å². The van der Waals surface area contributed by atoms with Gasteiger partial charge in [-0.1, -0.05) is 30.1 Å². The fourth-order valence-corrected chi connectivity index (χ4v) is 2.31. The number of aryl methyl sites for hydroxylation is 2. The molecule has 1 N–H and O–H groups in total. The zero-order valence-corrected chi connectivity index (χ0v) is 11.7. The zero-order chi connectivity index (χ0) is 12.7. The van der Waals surface area contributed by atoms with Crippen molar-refractivity contribution in [3.05, 3.63) is 32.8 Å². The van der Waals surface area contributed by atoms with Gasteiger partial charge in [-0.3, -0.25) is 9.78 Å². The molecule has 0 spiro atoms. The van der Waals surface area contributed by atoms with Gasteiger partial charge in [0.1, 0.15) is 0 Å². The molecule has 0 saturated carbocycles. The minimum absolute atomic E-state index is 0.0279. The lowest BCUT2D eigenvalue weighted by molar-refractivity contribution is 0.702. The maximum absolute atomic E-state index is 6.25. The summed E-state index contributed by atoms with van der Waals surface area (Å²) in [6.45, 7) is 5.81. The molecule has 0 bridgehead atoms. The number of hydrogen-bond acceptors (Lipinski definition) is 2. The van der Waals surface area contributed by atoms with Gasteiger partial charge in [0.2, 0.25) is 0 Å². The van der Waals surface area contributed by atoms with Crippen LogP contribution in [-0.4, -0.2) is 20.0 Å². The first kappa shape index (κ1) is 12.5. The fraction of sp³-hybridized carbons (Fsp3) is 0.455. The summed E-state index contributed by atoms with van der Waals surface area (Å²) in [7, 11) is 1.87. The predicted octanol–water partition coefficient (Wildman–Crippen LogP) is 3.22. The largest absolute Gasteiger partial charge is 0.281 e. The van der Waals surface area contributed by atoms with E-state index < -0.39 is 0 Å². The average molecular weight is 273 g/mol. The van der Waals surface area contributed by atoms with Crippen molar-refractivity contribution >= 4 is 23.2 Å². The Morgan fingerprint density at radius 3 is 2.24 bits per heavy atom. The standard InChI is InChI=1S/C11H14Cl2N4/c1-5(10-8(12)6(2)14-15-10)11-9(13)7(3)17(4)16-11/h5H,1-4H3,(H,14,15). The van der Waals surface area contributed by atoms with Crippen molar-refractivity contribution in [3.63, 3.8) is 0 Å². The summed E-state index contributed by atoms with van der Waals surface area (Å²) in [6, 6.07) is 0. The fourth-order valence-electron chi connectivity index (χ4n) is 1.74. The molecule has 2 aromatic rings. The number of hydrogen-bond donors (Lipinski definition) is 1. The number of rotatable bonds is 2. The van der Waals surface area contributed by atoms with Crippen LogP contribution < -0.4 is 0 Å². The van der Waals surface area contributed by atoms with Crippen LogP contribution in [0.3, 0.4) is 0 Å². The van der Waals surface area contributed by atoms with Gasteiger partial charge in [0.05, 0.1) is 32.8 Å². The molecular formula is C11H14Cl2N4. The number of H-pyrrole nitrogens is 1. The Kier molecular flexibility index (Phi) is 3.19. The Hall–Kier alpha value is -1.000. The van der Waals surface area contributed by atoms with Crippen molar-refractivity contribution in [1.82, 2.24) is 20.0 Å². The van der Waals surface area contributed by atoms with Gasteiger partial charge in [-0.15, -0.1) is 0 Å². The lowest BCUT2D eigenvalue weighted by Gasteiger charge is -2.06. The molecule has 0 fully saturated rings. The molecule has 0 aliphatic carbocycles. The highest BCUT2D eigenvalue weighted by atomic mass is 35.5. The second kappa shape index (κ2) is 4.35. The molecule has 4 nitrogen and oxygen atoms in total. The van der Waals surface area contributed by atoms with Crippen LogP contribution in [0, 0.1) is 13.8 Å². The Balaban J connectivity index is 2.47. The van der Waals surface area contributed by atoms with Crippen LogP contribution in [0.2, 0.25) is 10.0 Å². The third-order valence-electron chi connectivity index (χ3n) is 3.00. The van der Waals surface area contributed by atoms with Crippen LogP contribution in [0.15, 0.2) is 0 Å². The number of aromatic nitrogens is 4. The third-order valence-corrected chi connectivity index (χ3v) is 3.95. The first-order chi connectivity index (χ1) is 7.93. The van der Waals surface area contributed by atoms with E-state index in [1.54, 1.807) is 4.68 Å². The number of nitrogens with one attached hydrogen (secondary N) is 1. The van der Waals surface area contributed by atoms with Crippen LogP contribution in [0.25, 0.3) is 0 Å². The van der Waals surface area contributed by atoms with E-state index in [2.05, 4.69) is 15.3 Å². The van der Waals surface area contributed by atoms with Gasteiger partial charge >= 0.3 is 0 Å². The van der Waals surface area contributed by atoms with Crippen molar-refractivity contribution in [1.29, 1.82) is 0 Å². The maximum Gasteiger partial charge on any atom is 0.0902 e. The molecule has 0 saturated heterocycles. The minimum atomic E-state index is -0.0279. The van der Waals surface area contributed by atoms with Gasteiger partial charge in [0.25, 0.3) is 0 Å². The highest BCUT2D eigenvalue weighted by molar-refractivity contribution is 6.32. The van der Waals surface area contributed by atoms with Crippen LogP contribution >= 0.6 is 23.2 Å². The van der Waals surface area contributed by atoms with E-state index in [1.807, 2.05) is 27.8 Å². The highest BCUT2D eigenvalue weighted by Gasteiger charge is 2.23. The van der Waals surface area contributed by atoms with E-state index >= 15 is 0 Å². The summed E-state index contributed by atoms with van der Waals surface area (Å²) in [5.41, 5.74) is 3.39. The summed E-state index contributed by atoms with van der Waals surface area (Å²) in [4.78, 5) is 0. The number of nitrogens with zero attached hydrogens (tertiary/aromatic N) is 3. The highest BCUT2D eigenvalue weighted by Crippen LogP contribution is 2.33. The van der Waals surface area contributed by atoms with Gasteiger partial charge in [-0.2, -0.15) is 10.2 Å². The second-order valence-corrected chi connectivity index (χ2v) is 4.93. The van der Waals surface area contributed by atoms with Crippen LogP contribution in [0.5, 0.6) is 0 Å². The molecule has 6 heteroatoms. The second-order valence-electron chi connectivity index (χ2n) is 4.18. The maximum atomic E-state index is 6.25. The predicted molar refractivity (Wildman–Crippen MR) is 68.8 cm³/mol. The molecule has 2 rings (SSSR count). The molecule has 1 atom stereocenters. The Morgan fingerprint density at radius 1 is 1.18 bits per heavy atom. The van der Waals surface area contributed by atoms with E-state index in [-0.39, 0.29) is 5.92 Å². The molecule has 2 heterocycles. The molecule has 0 aliphatic rings. The topological polar surface area (TPSA) is 46.5 Å². The molecule has 1 unspecified atom stereocenters. The summed E-state index contributed by atoms with van der Waals surface area (Å²) in [5, 5.41) is 12.8.